The first kappa shape index (κ1) is 19.4. The maximum atomic E-state index is 8.23. The first-order valence-electron chi connectivity index (χ1n) is 9.68. The molecule has 30 heavy (non-hydrogen) atoms. The van der Waals surface area contributed by atoms with E-state index in [0.29, 0.717) is 0 Å². The third-order valence-electron chi connectivity index (χ3n) is 5.01. The van der Waals surface area contributed by atoms with Gasteiger partial charge in [-0.1, -0.05) is 61.2 Å². The number of allylic oxidation sites excluding steroid dienone is 2. The lowest BCUT2D eigenvalue weighted by Gasteiger charge is -2.09. The molecule has 4 heteroatoms. The fourth-order valence-electron chi connectivity index (χ4n) is 3.38. The molecule has 0 radical (unpaired) electrons. The van der Waals surface area contributed by atoms with Crippen molar-refractivity contribution in [2.24, 2.45) is 10.7 Å². The second-order valence-corrected chi connectivity index (χ2v) is 7.01. The maximum Gasteiger partial charge on any atom is 0.139 e. The fourth-order valence-corrected chi connectivity index (χ4v) is 3.38. The van der Waals surface area contributed by atoms with Crippen LogP contribution in [0.3, 0.4) is 0 Å². The maximum absolute atomic E-state index is 8.23. The average Bonchev–Trinajstić information content (AvgIpc) is 2.81. The number of nitrogens with two attached hydrogens (primary N) is 1. The first-order chi connectivity index (χ1) is 14.6. The molecule has 0 aliphatic carbocycles. The summed E-state index contributed by atoms with van der Waals surface area (Å²) >= 11 is 0. The lowest BCUT2D eigenvalue weighted by molar-refractivity contribution is 0.925. The van der Waals surface area contributed by atoms with E-state index in [2.05, 4.69) is 46.9 Å². The van der Waals surface area contributed by atoms with E-state index >= 15 is 0 Å². The van der Waals surface area contributed by atoms with E-state index in [1.807, 2.05) is 36.4 Å². The highest BCUT2D eigenvalue weighted by molar-refractivity contribution is 6.14. The van der Waals surface area contributed by atoms with Crippen LogP contribution in [0.15, 0.2) is 103 Å². The van der Waals surface area contributed by atoms with Gasteiger partial charge in [0.1, 0.15) is 6.17 Å². The Bertz CT molecular complexity index is 1290. The van der Waals surface area contributed by atoms with Crippen LogP contribution in [-0.4, -0.2) is 23.1 Å². The Kier molecular flexibility index (Phi) is 5.59. The van der Waals surface area contributed by atoms with Crippen molar-refractivity contribution in [3.8, 4) is 0 Å². The van der Waals surface area contributed by atoms with Crippen LogP contribution in [0.5, 0.6) is 0 Å². The van der Waals surface area contributed by atoms with Crippen molar-refractivity contribution < 1.29 is 0 Å². The highest BCUT2D eigenvalue weighted by Crippen LogP contribution is 2.27. The predicted molar refractivity (Wildman–Crippen MR) is 127 cm³/mol. The lowest BCUT2D eigenvalue weighted by atomic mass is 9.98. The van der Waals surface area contributed by atoms with Crippen molar-refractivity contribution in [1.82, 2.24) is 4.98 Å². The average molecular weight is 390 g/mol. The Morgan fingerprint density at radius 2 is 1.60 bits per heavy atom. The molecule has 0 aliphatic rings. The molecule has 1 atom stereocenters. The minimum Gasteiger partial charge on any atom is -0.305 e. The van der Waals surface area contributed by atoms with E-state index in [1.165, 1.54) is 10.8 Å². The van der Waals surface area contributed by atoms with Gasteiger partial charge in [-0.15, -0.1) is 0 Å². The summed E-state index contributed by atoms with van der Waals surface area (Å²) in [6.07, 6.45) is 7.85. The number of nitrogens with zero attached hydrogens (tertiary/aromatic N) is 2. The number of rotatable bonds is 6. The molecule has 3 N–H and O–H groups in total. The van der Waals surface area contributed by atoms with Crippen molar-refractivity contribution in [1.29, 1.82) is 5.41 Å². The van der Waals surface area contributed by atoms with Crippen LogP contribution < -0.4 is 5.73 Å². The molecule has 0 saturated heterocycles. The molecule has 0 spiro atoms. The van der Waals surface area contributed by atoms with Crippen molar-refractivity contribution in [2.45, 2.75) is 6.17 Å². The summed E-state index contributed by atoms with van der Waals surface area (Å²) in [5, 5.41) is 12.9. The lowest BCUT2D eigenvalue weighted by Crippen LogP contribution is -2.26. The summed E-state index contributed by atoms with van der Waals surface area (Å²) in [6.45, 7) is 4.02. The molecule has 4 rings (SSSR count). The van der Waals surface area contributed by atoms with E-state index in [-0.39, 0.29) is 5.71 Å². The molecule has 4 aromatic rings. The van der Waals surface area contributed by atoms with Gasteiger partial charge in [0.2, 0.25) is 0 Å². The molecular weight excluding hydrogens is 368 g/mol. The third kappa shape index (κ3) is 4.09. The Morgan fingerprint density at radius 1 is 0.933 bits per heavy atom. The van der Waals surface area contributed by atoms with Gasteiger partial charge < -0.3 is 11.1 Å². The number of benzene rings is 3. The molecule has 146 valence electrons. The second kappa shape index (κ2) is 8.64. The summed E-state index contributed by atoms with van der Waals surface area (Å²) in [7, 11) is 0. The molecule has 0 bridgehead atoms. The number of pyridine rings is 1. The number of fused-ring (bicyclic) bond motifs is 3. The number of aliphatic imine (C=N–C) groups is 1. The smallest absolute Gasteiger partial charge is 0.139 e. The SMILES string of the molecule is C=C(/C=C\C(=N)C(N)/N=C/c1cc2ccccc2c2ccccc12)c1ccncc1. The van der Waals surface area contributed by atoms with Crippen LogP contribution in [0.2, 0.25) is 0 Å². The molecule has 3 aromatic carbocycles. The first-order valence-corrected chi connectivity index (χ1v) is 9.68. The van der Waals surface area contributed by atoms with Crippen LogP contribution in [0.1, 0.15) is 11.1 Å². The molecule has 1 unspecified atom stereocenters. The van der Waals surface area contributed by atoms with Gasteiger partial charge in [-0.05, 0) is 57.0 Å². The van der Waals surface area contributed by atoms with Gasteiger partial charge in [0.25, 0.3) is 0 Å². The second-order valence-electron chi connectivity index (χ2n) is 7.01. The zero-order chi connectivity index (χ0) is 20.9. The summed E-state index contributed by atoms with van der Waals surface area (Å²) < 4.78 is 0. The standard InChI is InChI=1S/C26H22N4/c1-18(19-12-14-29-15-13-19)10-11-25(27)26(28)30-17-21-16-20-6-2-3-7-22(20)24-9-5-4-8-23(21)24/h2-17,26-27H,1,28H2/b11-10-,27-25?,30-17+. The van der Waals surface area contributed by atoms with Gasteiger partial charge in [0, 0.05) is 24.2 Å². The highest BCUT2D eigenvalue weighted by Gasteiger charge is 2.07. The predicted octanol–water partition coefficient (Wildman–Crippen LogP) is 5.38. The molecular formula is C26H22N4. The van der Waals surface area contributed by atoms with Crippen molar-refractivity contribution in [3.63, 3.8) is 0 Å². The zero-order valence-electron chi connectivity index (χ0n) is 16.5. The topological polar surface area (TPSA) is 75.1 Å². The highest BCUT2D eigenvalue weighted by atomic mass is 14.9. The van der Waals surface area contributed by atoms with Crippen LogP contribution >= 0.6 is 0 Å². The Labute approximate surface area is 175 Å². The van der Waals surface area contributed by atoms with Crippen molar-refractivity contribution in [2.75, 3.05) is 0 Å². The zero-order valence-corrected chi connectivity index (χ0v) is 16.5. The van der Waals surface area contributed by atoms with Crippen LogP contribution in [0.25, 0.3) is 27.1 Å². The van der Waals surface area contributed by atoms with Gasteiger partial charge in [-0.25, -0.2) is 0 Å². The molecule has 0 amide bonds. The Hall–Kier alpha value is -3.89. The monoisotopic (exact) mass is 390 g/mol. The van der Waals surface area contributed by atoms with Gasteiger partial charge in [0.05, 0.1) is 5.71 Å². The van der Waals surface area contributed by atoms with E-state index in [4.69, 9.17) is 11.1 Å². The summed E-state index contributed by atoms with van der Waals surface area (Å²) in [4.78, 5) is 8.44. The van der Waals surface area contributed by atoms with Crippen LogP contribution in [0.4, 0.5) is 0 Å². The van der Waals surface area contributed by atoms with E-state index in [1.54, 1.807) is 30.8 Å². The van der Waals surface area contributed by atoms with Crippen molar-refractivity contribution >= 4 is 39.0 Å². The molecule has 1 heterocycles. The summed E-state index contributed by atoms with van der Waals surface area (Å²) in [5.41, 5.74) is 9.07. The third-order valence-corrected chi connectivity index (χ3v) is 5.01. The Morgan fingerprint density at radius 3 is 2.37 bits per heavy atom. The molecule has 0 saturated carbocycles. The van der Waals surface area contributed by atoms with Gasteiger partial charge in [-0.3, -0.25) is 9.98 Å². The summed E-state index contributed by atoms with van der Waals surface area (Å²) in [6, 6.07) is 22.4. The molecule has 1 aromatic heterocycles. The Balaban J connectivity index is 1.57. The largest absolute Gasteiger partial charge is 0.305 e. The van der Waals surface area contributed by atoms with E-state index in [0.717, 1.165) is 27.5 Å². The van der Waals surface area contributed by atoms with Crippen molar-refractivity contribution in [3.05, 3.63) is 109 Å². The van der Waals surface area contributed by atoms with Crippen LogP contribution in [-0.2, 0) is 0 Å². The van der Waals surface area contributed by atoms with Crippen LogP contribution in [0, 0.1) is 5.41 Å². The minimum absolute atomic E-state index is 0.214. The number of aromatic nitrogens is 1. The molecule has 4 nitrogen and oxygen atoms in total. The quantitative estimate of drug-likeness (QED) is 0.263. The van der Waals surface area contributed by atoms with Gasteiger partial charge in [0.15, 0.2) is 0 Å². The number of hydrogen-bond acceptors (Lipinski definition) is 4. The normalized spacial score (nSPS) is 12.7. The molecule has 0 fully saturated rings. The summed E-state index contributed by atoms with van der Waals surface area (Å²) in [5.74, 6) is 0. The number of nitrogens with one attached hydrogen (secondary N) is 1. The van der Waals surface area contributed by atoms with Gasteiger partial charge in [-0.2, -0.15) is 0 Å². The fraction of sp³-hybridized carbons (Fsp3) is 0.0385. The van der Waals surface area contributed by atoms with Gasteiger partial charge >= 0.3 is 0 Å². The molecule has 0 aliphatic heterocycles. The minimum atomic E-state index is -0.753. The number of hydrogen-bond donors (Lipinski definition) is 2. The van der Waals surface area contributed by atoms with E-state index in [9.17, 15) is 0 Å². The van der Waals surface area contributed by atoms with E-state index < -0.39 is 6.17 Å².